The number of hydrogen-bond donors (Lipinski definition) is 1. The fraction of sp³-hybridized carbons (Fsp3) is 0.375. The van der Waals surface area contributed by atoms with Crippen molar-refractivity contribution in [3.63, 3.8) is 0 Å². The number of halogens is 1. The van der Waals surface area contributed by atoms with E-state index in [4.69, 9.17) is 21.4 Å². The summed E-state index contributed by atoms with van der Waals surface area (Å²) in [5.41, 5.74) is 4.66. The number of rotatable bonds is 7. The molecule has 1 heterocycles. The molecule has 0 fully saturated rings. The van der Waals surface area contributed by atoms with Gasteiger partial charge in [-0.1, -0.05) is 19.9 Å². The van der Waals surface area contributed by atoms with Crippen LogP contribution in [0.1, 0.15) is 55.2 Å². The van der Waals surface area contributed by atoms with Gasteiger partial charge in [-0.05, 0) is 113 Å². The minimum absolute atomic E-state index is 0.0231. The van der Waals surface area contributed by atoms with Gasteiger partial charge in [-0.3, -0.25) is 4.79 Å². The van der Waals surface area contributed by atoms with Crippen LogP contribution in [-0.2, 0) is 30.8 Å². The molecular weight excluding hydrogens is 537 g/mol. The molecule has 0 aliphatic heterocycles. The van der Waals surface area contributed by atoms with E-state index in [9.17, 15) is 4.79 Å². The van der Waals surface area contributed by atoms with E-state index in [1.807, 2.05) is 18.2 Å². The Morgan fingerprint density at radius 2 is 2.00 bits per heavy atom. The molecule has 3 aromatic rings. The third-order valence-electron chi connectivity index (χ3n) is 5.53. The summed E-state index contributed by atoms with van der Waals surface area (Å²) < 4.78 is 13.9. The van der Waals surface area contributed by atoms with E-state index in [0.717, 1.165) is 33.4 Å². The van der Waals surface area contributed by atoms with E-state index in [0.29, 0.717) is 11.8 Å². The number of nitrogens with one attached hydrogen (secondary N) is 1. The highest BCUT2D eigenvalue weighted by atomic mass is 127. The highest BCUT2D eigenvalue weighted by Crippen LogP contribution is 2.27. The number of benzene rings is 2. The van der Waals surface area contributed by atoms with Gasteiger partial charge in [0, 0.05) is 9.26 Å². The maximum Gasteiger partial charge on any atom is 0.287 e. The maximum absolute atomic E-state index is 12.6. The van der Waals surface area contributed by atoms with Gasteiger partial charge in [0.1, 0.15) is 12.3 Å². The molecule has 8 heteroatoms. The number of nitrogens with zero attached hydrogens (tertiary/aromatic N) is 2. The largest absolute Gasteiger partial charge is 0.484 e. The first-order valence-corrected chi connectivity index (χ1v) is 12.3. The number of carbonyl (C=O) groups excluding carboxylic acids is 1. The van der Waals surface area contributed by atoms with Crippen molar-refractivity contribution in [3.8, 4) is 5.75 Å². The Labute approximate surface area is 206 Å². The quantitative estimate of drug-likeness (QED) is 0.281. The van der Waals surface area contributed by atoms with Gasteiger partial charge < -0.3 is 14.5 Å². The Kier molecular flexibility index (Phi) is 7.30. The van der Waals surface area contributed by atoms with Crippen LogP contribution in [0, 0.1) is 8.41 Å². The molecule has 2 aromatic carbocycles. The minimum Gasteiger partial charge on any atom is -0.484 e. The fourth-order valence-corrected chi connectivity index (χ4v) is 4.62. The standard InChI is InChI=1S/C24H26IN3O3S/c1-15(2)20-12-18(25)8-10-21(20)26-22(29)13-28-24(32)31-23(27-28)14-30-19-9-7-16-5-3-4-6-17(16)11-19/h7-12,15H,3-6,13-14H2,1-2H3,(H,26,29). The summed E-state index contributed by atoms with van der Waals surface area (Å²) in [4.78, 5) is 12.8. The van der Waals surface area contributed by atoms with Crippen LogP contribution in [0.2, 0.25) is 0 Å². The zero-order valence-electron chi connectivity index (χ0n) is 18.2. The third-order valence-corrected chi connectivity index (χ3v) is 6.50. The third kappa shape index (κ3) is 5.58. The van der Waals surface area contributed by atoms with Crippen molar-refractivity contribution in [3.05, 3.63) is 67.4 Å². The van der Waals surface area contributed by atoms with Gasteiger partial charge >= 0.3 is 0 Å². The molecule has 1 aliphatic rings. The van der Waals surface area contributed by atoms with Crippen molar-refractivity contribution in [2.75, 3.05) is 5.32 Å². The summed E-state index contributed by atoms with van der Waals surface area (Å²) in [7, 11) is 0. The van der Waals surface area contributed by atoms with Crippen molar-refractivity contribution in [1.29, 1.82) is 0 Å². The highest BCUT2D eigenvalue weighted by Gasteiger charge is 2.15. The molecule has 0 atom stereocenters. The van der Waals surface area contributed by atoms with Crippen LogP contribution in [0.5, 0.6) is 5.75 Å². The lowest BCUT2D eigenvalue weighted by Gasteiger charge is -2.16. The van der Waals surface area contributed by atoms with E-state index in [2.05, 4.69) is 65.1 Å². The number of hydrogen-bond acceptors (Lipinski definition) is 5. The number of anilines is 1. The minimum atomic E-state index is -0.209. The van der Waals surface area contributed by atoms with Gasteiger partial charge in [0.2, 0.25) is 5.91 Å². The summed E-state index contributed by atoms with van der Waals surface area (Å²) in [5.74, 6) is 1.22. The zero-order valence-corrected chi connectivity index (χ0v) is 21.2. The Morgan fingerprint density at radius 3 is 2.78 bits per heavy atom. The Bertz CT molecular complexity index is 1190. The van der Waals surface area contributed by atoms with Crippen LogP contribution in [0.15, 0.2) is 40.8 Å². The molecule has 6 nitrogen and oxygen atoms in total. The SMILES string of the molecule is CC(C)c1cc(I)ccc1NC(=O)Cn1nc(COc2ccc3c(c2)CCCC3)oc1=S. The van der Waals surface area contributed by atoms with Crippen molar-refractivity contribution in [2.24, 2.45) is 0 Å². The van der Waals surface area contributed by atoms with Gasteiger partial charge in [-0.2, -0.15) is 0 Å². The summed E-state index contributed by atoms with van der Waals surface area (Å²) >= 11 is 7.52. The molecule has 0 bridgehead atoms. The number of aryl methyl sites for hydroxylation is 2. The number of fused-ring (bicyclic) bond motifs is 1. The molecule has 0 saturated heterocycles. The predicted octanol–water partition coefficient (Wildman–Crippen LogP) is 6.03. The van der Waals surface area contributed by atoms with Gasteiger partial charge in [-0.15, -0.1) is 5.10 Å². The van der Waals surface area contributed by atoms with E-state index in [1.54, 1.807) is 0 Å². The average Bonchev–Trinajstić information content (AvgIpc) is 3.12. The number of ether oxygens (including phenoxy) is 1. The molecule has 0 unspecified atom stereocenters. The van der Waals surface area contributed by atoms with Crippen molar-refractivity contribution in [2.45, 2.75) is 58.6 Å². The summed E-state index contributed by atoms with van der Waals surface area (Å²) in [6.07, 6.45) is 4.70. The topological polar surface area (TPSA) is 69.3 Å². The fourth-order valence-electron chi connectivity index (χ4n) is 3.90. The molecular formula is C24H26IN3O3S. The Hall–Kier alpha value is -2.20. The van der Waals surface area contributed by atoms with E-state index in [-0.39, 0.29) is 23.9 Å². The summed E-state index contributed by atoms with van der Waals surface area (Å²) in [6.45, 7) is 4.34. The molecule has 1 aliphatic carbocycles. The first-order chi connectivity index (χ1) is 15.4. The molecule has 0 spiro atoms. The molecule has 168 valence electrons. The Balaban J connectivity index is 1.38. The molecule has 1 aromatic heterocycles. The van der Waals surface area contributed by atoms with Crippen LogP contribution in [0.4, 0.5) is 5.69 Å². The van der Waals surface area contributed by atoms with Crippen LogP contribution >= 0.6 is 34.8 Å². The van der Waals surface area contributed by atoms with Crippen molar-refractivity contribution < 1.29 is 13.9 Å². The molecule has 0 radical (unpaired) electrons. The van der Waals surface area contributed by atoms with Crippen LogP contribution in [-0.4, -0.2) is 15.7 Å². The first kappa shape index (κ1) is 23.0. The second kappa shape index (κ2) is 10.2. The van der Waals surface area contributed by atoms with Gasteiger partial charge in [0.15, 0.2) is 6.61 Å². The predicted molar refractivity (Wildman–Crippen MR) is 135 cm³/mol. The first-order valence-electron chi connectivity index (χ1n) is 10.8. The average molecular weight is 563 g/mol. The van der Waals surface area contributed by atoms with Crippen LogP contribution in [0.25, 0.3) is 0 Å². The van der Waals surface area contributed by atoms with Gasteiger partial charge in [0.25, 0.3) is 10.7 Å². The number of aromatic nitrogens is 2. The summed E-state index contributed by atoms with van der Waals surface area (Å²) in [6, 6.07) is 12.2. The molecule has 1 amide bonds. The second-order valence-electron chi connectivity index (χ2n) is 8.28. The molecule has 0 saturated carbocycles. The van der Waals surface area contributed by atoms with Crippen LogP contribution in [0.3, 0.4) is 0 Å². The Morgan fingerprint density at radius 1 is 1.22 bits per heavy atom. The van der Waals surface area contributed by atoms with E-state index in [1.165, 1.54) is 28.7 Å². The smallest absolute Gasteiger partial charge is 0.287 e. The monoisotopic (exact) mass is 563 g/mol. The number of amides is 1. The van der Waals surface area contributed by atoms with E-state index < -0.39 is 0 Å². The van der Waals surface area contributed by atoms with Gasteiger partial charge in [0.05, 0.1) is 0 Å². The lowest BCUT2D eigenvalue weighted by atomic mass is 9.92. The highest BCUT2D eigenvalue weighted by molar-refractivity contribution is 14.1. The van der Waals surface area contributed by atoms with Gasteiger partial charge in [-0.25, -0.2) is 4.68 Å². The zero-order chi connectivity index (χ0) is 22.7. The number of carbonyl (C=O) groups is 1. The lowest BCUT2D eigenvalue weighted by Crippen LogP contribution is -2.20. The van der Waals surface area contributed by atoms with E-state index >= 15 is 0 Å². The summed E-state index contributed by atoms with van der Waals surface area (Å²) in [5, 5.41) is 7.29. The van der Waals surface area contributed by atoms with Crippen molar-refractivity contribution >= 4 is 46.4 Å². The molecule has 4 rings (SSSR count). The van der Waals surface area contributed by atoms with Crippen LogP contribution < -0.4 is 10.1 Å². The van der Waals surface area contributed by atoms with Crippen molar-refractivity contribution in [1.82, 2.24) is 9.78 Å². The maximum atomic E-state index is 12.6. The molecule has 1 N–H and O–H groups in total. The normalized spacial score (nSPS) is 13.1. The lowest BCUT2D eigenvalue weighted by molar-refractivity contribution is -0.117. The second-order valence-corrected chi connectivity index (χ2v) is 9.87. The molecule has 32 heavy (non-hydrogen) atoms.